The number of nitriles is 1. The van der Waals surface area contributed by atoms with Gasteiger partial charge in [-0.3, -0.25) is 0 Å². The van der Waals surface area contributed by atoms with Crippen LogP contribution < -0.4 is 5.32 Å². The topological polar surface area (TPSA) is 35.8 Å². The number of nitrogens with zero attached hydrogens (tertiary/aromatic N) is 1. The van der Waals surface area contributed by atoms with Crippen LogP contribution in [0.2, 0.25) is 0 Å². The molecule has 1 aliphatic rings. The number of thioether (sulfide) groups is 1. The van der Waals surface area contributed by atoms with Crippen molar-refractivity contribution < 1.29 is 0 Å². The molecule has 2 nitrogen and oxygen atoms in total. The van der Waals surface area contributed by atoms with E-state index >= 15 is 0 Å². The summed E-state index contributed by atoms with van der Waals surface area (Å²) in [5.74, 6) is 0. The molecule has 0 aromatic heterocycles. The maximum atomic E-state index is 9.21. The molecule has 0 unspecified atom stereocenters. The standard InChI is InChI=1S/C16H22N2S/c1-13-6-7-15(14(10-13)11-17)18-12-16(19-2)8-4-3-5-9-16/h6-7,10,18H,3-5,8-9,12H2,1-2H3. The summed E-state index contributed by atoms with van der Waals surface area (Å²) in [4.78, 5) is 0. The van der Waals surface area contributed by atoms with Crippen LogP contribution in [0.3, 0.4) is 0 Å². The number of nitrogens with one attached hydrogen (secondary N) is 1. The molecule has 0 amide bonds. The Hall–Kier alpha value is -1.14. The molecule has 1 aliphatic carbocycles. The number of hydrogen-bond acceptors (Lipinski definition) is 3. The first-order chi connectivity index (χ1) is 9.19. The highest BCUT2D eigenvalue weighted by Crippen LogP contribution is 2.38. The molecule has 1 N–H and O–H groups in total. The van der Waals surface area contributed by atoms with E-state index in [4.69, 9.17) is 0 Å². The van der Waals surface area contributed by atoms with Crippen molar-refractivity contribution in [3.05, 3.63) is 29.3 Å². The van der Waals surface area contributed by atoms with Gasteiger partial charge in [0.2, 0.25) is 0 Å². The number of benzene rings is 1. The molecule has 19 heavy (non-hydrogen) atoms. The van der Waals surface area contributed by atoms with Crippen LogP contribution >= 0.6 is 11.8 Å². The third-order valence-corrected chi connectivity index (χ3v) is 5.51. The fourth-order valence-corrected chi connectivity index (χ4v) is 3.72. The van der Waals surface area contributed by atoms with Crippen molar-refractivity contribution in [2.24, 2.45) is 0 Å². The highest BCUT2D eigenvalue weighted by atomic mass is 32.2. The van der Waals surface area contributed by atoms with Gasteiger partial charge in [0, 0.05) is 11.3 Å². The van der Waals surface area contributed by atoms with Gasteiger partial charge >= 0.3 is 0 Å². The molecule has 102 valence electrons. The molecule has 1 aromatic carbocycles. The van der Waals surface area contributed by atoms with Crippen molar-refractivity contribution >= 4 is 17.4 Å². The Labute approximate surface area is 120 Å². The molecule has 0 bridgehead atoms. The van der Waals surface area contributed by atoms with Crippen LogP contribution in [0.15, 0.2) is 18.2 Å². The Kier molecular flexibility index (Phi) is 4.76. The average Bonchev–Trinajstić information content (AvgIpc) is 2.47. The van der Waals surface area contributed by atoms with E-state index in [1.54, 1.807) is 0 Å². The van der Waals surface area contributed by atoms with Crippen molar-refractivity contribution in [3.63, 3.8) is 0 Å². The second kappa shape index (κ2) is 6.34. The van der Waals surface area contributed by atoms with Crippen LogP contribution in [-0.4, -0.2) is 17.5 Å². The fourth-order valence-electron chi connectivity index (χ4n) is 2.81. The molecule has 0 radical (unpaired) electrons. The van der Waals surface area contributed by atoms with Crippen molar-refractivity contribution in [1.29, 1.82) is 5.26 Å². The maximum Gasteiger partial charge on any atom is 0.101 e. The van der Waals surface area contributed by atoms with E-state index in [0.717, 1.165) is 23.4 Å². The normalized spacial score (nSPS) is 17.7. The molecule has 0 atom stereocenters. The molecule has 0 saturated heterocycles. The van der Waals surface area contributed by atoms with E-state index in [0.29, 0.717) is 4.75 Å². The van der Waals surface area contributed by atoms with Crippen LogP contribution in [-0.2, 0) is 0 Å². The van der Waals surface area contributed by atoms with Gasteiger partial charge in [-0.1, -0.05) is 25.3 Å². The highest BCUT2D eigenvalue weighted by molar-refractivity contribution is 8.00. The second-order valence-electron chi connectivity index (χ2n) is 5.46. The maximum absolute atomic E-state index is 9.21. The lowest BCUT2D eigenvalue weighted by Gasteiger charge is -2.36. The first kappa shape index (κ1) is 14.3. The van der Waals surface area contributed by atoms with Crippen LogP contribution in [0.4, 0.5) is 5.69 Å². The quantitative estimate of drug-likeness (QED) is 0.887. The summed E-state index contributed by atoms with van der Waals surface area (Å²) in [6, 6.07) is 8.34. The Morgan fingerprint density at radius 1 is 1.32 bits per heavy atom. The van der Waals surface area contributed by atoms with Crippen molar-refractivity contribution in [2.45, 2.75) is 43.8 Å². The minimum absolute atomic E-state index is 0.357. The first-order valence-corrected chi connectivity index (χ1v) is 8.21. The number of hydrogen-bond donors (Lipinski definition) is 1. The van der Waals surface area contributed by atoms with Crippen molar-refractivity contribution in [1.82, 2.24) is 0 Å². The smallest absolute Gasteiger partial charge is 0.101 e. The van der Waals surface area contributed by atoms with E-state index in [-0.39, 0.29) is 0 Å². The third-order valence-electron chi connectivity index (χ3n) is 4.09. The first-order valence-electron chi connectivity index (χ1n) is 6.99. The van der Waals surface area contributed by atoms with E-state index in [1.165, 1.54) is 32.1 Å². The lowest BCUT2D eigenvalue weighted by Crippen LogP contribution is -2.35. The highest BCUT2D eigenvalue weighted by Gasteiger charge is 2.30. The van der Waals surface area contributed by atoms with Gasteiger partial charge in [-0.2, -0.15) is 17.0 Å². The van der Waals surface area contributed by atoms with Gasteiger partial charge in [0.05, 0.1) is 11.3 Å². The fraction of sp³-hybridized carbons (Fsp3) is 0.562. The van der Waals surface area contributed by atoms with Gasteiger partial charge in [-0.05, 0) is 43.7 Å². The van der Waals surface area contributed by atoms with Crippen LogP contribution in [0, 0.1) is 18.3 Å². The second-order valence-corrected chi connectivity index (χ2v) is 6.74. The molecule has 2 rings (SSSR count). The Morgan fingerprint density at radius 3 is 2.68 bits per heavy atom. The van der Waals surface area contributed by atoms with Crippen molar-refractivity contribution in [3.8, 4) is 6.07 Å². The minimum atomic E-state index is 0.357. The van der Waals surface area contributed by atoms with E-state index in [2.05, 4.69) is 23.7 Å². The lowest BCUT2D eigenvalue weighted by atomic mass is 9.88. The van der Waals surface area contributed by atoms with Gasteiger partial charge in [0.25, 0.3) is 0 Å². The molecular weight excluding hydrogens is 252 g/mol. The van der Waals surface area contributed by atoms with Crippen LogP contribution in [0.25, 0.3) is 0 Å². The van der Waals surface area contributed by atoms with Crippen molar-refractivity contribution in [2.75, 3.05) is 18.1 Å². The molecule has 1 aromatic rings. The third kappa shape index (κ3) is 3.45. The monoisotopic (exact) mass is 274 g/mol. The Balaban J connectivity index is 2.07. The van der Waals surface area contributed by atoms with Gasteiger partial charge in [-0.25, -0.2) is 0 Å². The average molecular weight is 274 g/mol. The number of aryl methyl sites for hydroxylation is 1. The zero-order chi connectivity index (χ0) is 13.7. The molecule has 1 saturated carbocycles. The molecular formula is C16H22N2S. The molecule has 0 aliphatic heterocycles. The molecule has 3 heteroatoms. The summed E-state index contributed by atoms with van der Waals surface area (Å²) in [6.45, 7) is 2.99. The zero-order valence-electron chi connectivity index (χ0n) is 11.8. The van der Waals surface area contributed by atoms with Gasteiger partial charge in [-0.15, -0.1) is 0 Å². The van der Waals surface area contributed by atoms with Gasteiger partial charge in [0.15, 0.2) is 0 Å². The predicted molar refractivity (Wildman–Crippen MR) is 83.7 cm³/mol. The largest absolute Gasteiger partial charge is 0.383 e. The van der Waals surface area contributed by atoms with Gasteiger partial charge in [0.1, 0.15) is 6.07 Å². The van der Waals surface area contributed by atoms with Crippen LogP contribution in [0.1, 0.15) is 43.2 Å². The summed E-state index contributed by atoms with van der Waals surface area (Å²) >= 11 is 1.98. The van der Waals surface area contributed by atoms with E-state index in [9.17, 15) is 5.26 Å². The summed E-state index contributed by atoms with van der Waals surface area (Å²) in [7, 11) is 0. The zero-order valence-corrected chi connectivity index (χ0v) is 12.6. The summed E-state index contributed by atoms with van der Waals surface area (Å²) < 4.78 is 0.357. The SMILES string of the molecule is CSC1(CNc2ccc(C)cc2C#N)CCCCC1. The van der Waals surface area contributed by atoms with E-state index in [1.807, 2.05) is 30.8 Å². The lowest BCUT2D eigenvalue weighted by molar-refractivity contribution is 0.411. The Morgan fingerprint density at radius 2 is 2.05 bits per heavy atom. The number of anilines is 1. The van der Waals surface area contributed by atoms with Crippen LogP contribution in [0.5, 0.6) is 0 Å². The summed E-state index contributed by atoms with van der Waals surface area (Å²) in [5, 5.41) is 12.7. The van der Waals surface area contributed by atoms with Gasteiger partial charge < -0.3 is 5.32 Å². The van der Waals surface area contributed by atoms with E-state index < -0.39 is 0 Å². The predicted octanol–water partition coefficient (Wildman–Crippen LogP) is 4.34. The molecule has 1 fully saturated rings. The molecule has 0 heterocycles. The molecule has 0 spiro atoms. The Bertz CT molecular complexity index is 470. The minimum Gasteiger partial charge on any atom is -0.383 e. The summed E-state index contributed by atoms with van der Waals surface area (Å²) in [5.41, 5.74) is 2.87. The summed E-state index contributed by atoms with van der Waals surface area (Å²) in [6.07, 6.45) is 8.83. The number of rotatable bonds is 4.